The lowest BCUT2D eigenvalue weighted by Crippen LogP contribution is -2.42. The molecule has 0 aromatic heterocycles. The molecule has 2 aliphatic rings. The lowest BCUT2D eigenvalue weighted by Gasteiger charge is -2.35. The van der Waals surface area contributed by atoms with Gasteiger partial charge >= 0.3 is 6.16 Å². The molecule has 3 heteroatoms. The van der Waals surface area contributed by atoms with Crippen molar-refractivity contribution in [1.82, 2.24) is 0 Å². The summed E-state index contributed by atoms with van der Waals surface area (Å²) >= 11 is 0. The van der Waals surface area contributed by atoms with Gasteiger partial charge in [-0.25, -0.2) is 4.79 Å². The summed E-state index contributed by atoms with van der Waals surface area (Å²) in [6.45, 7) is 7.94. The minimum absolute atomic E-state index is 0.0783. The van der Waals surface area contributed by atoms with Crippen LogP contribution in [0.15, 0.2) is 12.2 Å². The van der Waals surface area contributed by atoms with Gasteiger partial charge in [0, 0.05) is 0 Å². The van der Waals surface area contributed by atoms with Crippen LogP contribution in [0.25, 0.3) is 0 Å². The van der Waals surface area contributed by atoms with E-state index in [0.717, 1.165) is 19.3 Å². The Hall–Kier alpha value is -0.990. The van der Waals surface area contributed by atoms with Crippen molar-refractivity contribution in [3.05, 3.63) is 12.2 Å². The molecule has 0 amide bonds. The smallest absolute Gasteiger partial charge is 0.427 e. The van der Waals surface area contributed by atoms with Gasteiger partial charge in [0.25, 0.3) is 0 Å². The van der Waals surface area contributed by atoms with Gasteiger partial charge in [0.2, 0.25) is 0 Å². The molecule has 14 heavy (non-hydrogen) atoms. The van der Waals surface area contributed by atoms with Crippen LogP contribution < -0.4 is 0 Å². The molecule has 0 N–H and O–H groups in total. The topological polar surface area (TPSA) is 35.5 Å². The van der Waals surface area contributed by atoms with Crippen LogP contribution in [-0.2, 0) is 9.47 Å². The van der Waals surface area contributed by atoms with E-state index in [1.165, 1.54) is 5.57 Å². The van der Waals surface area contributed by atoms with Gasteiger partial charge < -0.3 is 9.47 Å². The van der Waals surface area contributed by atoms with Crippen LogP contribution in [0.3, 0.4) is 0 Å². The van der Waals surface area contributed by atoms with Gasteiger partial charge in [-0.2, -0.15) is 0 Å². The normalized spacial score (nSPS) is 41.1. The molecule has 3 atom stereocenters. The summed E-state index contributed by atoms with van der Waals surface area (Å²) in [6.07, 6.45) is 2.18. The summed E-state index contributed by atoms with van der Waals surface area (Å²) in [7, 11) is 0. The van der Waals surface area contributed by atoms with Gasteiger partial charge in [-0.1, -0.05) is 12.2 Å². The summed E-state index contributed by atoms with van der Waals surface area (Å²) in [6, 6.07) is 0. The number of carbonyl (C=O) groups excluding carboxylic acids is 1. The molecule has 1 saturated heterocycles. The Bertz CT molecular complexity index is 284. The highest BCUT2D eigenvalue weighted by molar-refractivity contribution is 5.63. The maximum absolute atomic E-state index is 11.0. The standard InChI is InChI=1S/C11H16O3/c1-7(2)8-4-5-11(3)9(6-8)13-10(12)14-11/h8-9H,1,4-6H2,2-3H3/t8-,9+,11-/m1/s1. The van der Waals surface area contributed by atoms with Gasteiger partial charge in [-0.3, -0.25) is 0 Å². The van der Waals surface area contributed by atoms with E-state index in [4.69, 9.17) is 9.47 Å². The third-order valence-electron chi connectivity index (χ3n) is 3.42. The zero-order valence-electron chi connectivity index (χ0n) is 8.71. The average molecular weight is 196 g/mol. The third kappa shape index (κ3) is 1.41. The molecule has 2 fully saturated rings. The molecule has 0 aromatic rings. The number of hydrogen-bond acceptors (Lipinski definition) is 3. The van der Waals surface area contributed by atoms with Gasteiger partial charge in [0.05, 0.1) is 0 Å². The van der Waals surface area contributed by atoms with E-state index in [1.807, 2.05) is 13.8 Å². The Morgan fingerprint density at radius 3 is 3.00 bits per heavy atom. The first kappa shape index (κ1) is 9.56. The molecular weight excluding hydrogens is 180 g/mol. The Morgan fingerprint density at radius 2 is 2.36 bits per heavy atom. The van der Waals surface area contributed by atoms with Crippen LogP contribution in [0.1, 0.15) is 33.1 Å². The highest BCUT2D eigenvalue weighted by atomic mass is 16.8. The molecule has 78 valence electrons. The number of ether oxygens (including phenoxy) is 2. The van der Waals surface area contributed by atoms with Crippen molar-refractivity contribution in [2.24, 2.45) is 5.92 Å². The maximum atomic E-state index is 11.0. The van der Waals surface area contributed by atoms with Crippen molar-refractivity contribution >= 4 is 6.16 Å². The molecule has 1 aliphatic carbocycles. The Morgan fingerprint density at radius 1 is 1.64 bits per heavy atom. The van der Waals surface area contributed by atoms with Crippen LogP contribution in [-0.4, -0.2) is 17.9 Å². The van der Waals surface area contributed by atoms with Crippen LogP contribution in [0.5, 0.6) is 0 Å². The molecule has 0 bridgehead atoms. The Labute approximate surface area is 84.1 Å². The monoisotopic (exact) mass is 196 g/mol. The summed E-state index contributed by atoms with van der Waals surface area (Å²) < 4.78 is 10.3. The molecule has 1 aliphatic heterocycles. The highest BCUT2D eigenvalue weighted by Crippen LogP contribution is 2.42. The van der Waals surface area contributed by atoms with E-state index in [2.05, 4.69) is 6.58 Å². The van der Waals surface area contributed by atoms with Gasteiger partial charge in [-0.15, -0.1) is 0 Å². The summed E-state index contributed by atoms with van der Waals surface area (Å²) in [5, 5.41) is 0. The molecular formula is C11H16O3. The van der Waals surface area contributed by atoms with E-state index in [1.54, 1.807) is 0 Å². The lowest BCUT2D eigenvalue weighted by molar-refractivity contribution is 0.00194. The summed E-state index contributed by atoms with van der Waals surface area (Å²) in [5.41, 5.74) is 0.790. The number of carbonyl (C=O) groups is 1. The molecule has 1 saturated carbocycles. The highest BCUT2D eigenvalue weighted by Gasteiger charge is 2.50. The number of hydrogen-bond donors (Lipinski definition) is 0. The van der Waals surface area contributed by atoms with E-state index >= 15 is 0 Å². The van der Waals surface area contributed by atoms with Crippen molar-refractivity contribution in [2.75, 3.05) is 0 Å². The van der Waals surface area contributed by atoms with Crippen molar-refractivity contribution in [3.8, 4) is 0 Å². The third-order valence-corrected chi connectivity index (χ3v) is 3.42. The fraction of sp³-hybridized carbons (Fsp3) is 0.727. The minimum atomic E-state index is -0.514. The van der Waals surface area contributed by atoms with Crippen LogP contribution in [0.2, 0.25) is 0 Å². The molecule has 2 rings (SSSR count). The zero-order chi connectivity index (χ0) is 10.3. The van der Waals surface area contributed by atoms with Crippen molar-refractivity contribution in [1.29, 1.82) is 0 Å². The second-order valence-electron chi connectivity index (χ2n) is 4.59. The quantitative estimate of drug-likeness (QED) is 0.477. The second-order valence-corrected chi connectivity index (χ2v) is 4.59. The predicted octanol–water partition coefficient (Wildman–Crippen LogP) is 2.66. The van der Waals surface area contributed by atoms with E-state index in [0.29, 0.717) is 5.92 Å². The fourth-order valence-electron chi connectivity index (χ4n) is 2.32. The van der Waals surface area contributed by atoms with Gasteiger partial charge in [0.15, 0.2) is 0 Å². The van der Waals surface area contributed by atoms with E-state index in [9.17, 15) is 4.79 Å². The molecule has 0 radical (unpaired) electrons. The lowest BCUT2D eigenvalue weighted by atomic mass is 9.75. The zero-order valence-corrected chi connectivity index (χ0v) is 8.71. The van der Waals surface area contributed by atoms with Crippen LogP contribution in [0.4, 0.5) is 4.79 Å². The molecule has 3 nitrogen and oxygen atoms in total. The minimum Gasteiger partial charge on any atom is -0.427 e. The predicted molar refractivity (Wildman–Crippen MR) is 51.9 cm³/mol. The number of allylic oxidation sites excluding steroid dienone is 1. The van der Waals surface area contributed by atoms with Crippen molar-refractivity contribution in [2.45, 2.75) is 44.8 Å². The Balaban J connectivity index is 2.11. The summed E-state index contributed by atoms with van der Waals surface area (Å²) in [4.78, 5) is 11.0. The first-order valence-corrected chi connectivity index (χ1v) is 5.06. The number of fused-ring (bicyclic) bond motifs is 1. The van der Waals surface area contributed by atoms with Crippen LogP contribution >= 0.6 is 0 Å². The second kappa shape index (κ2) is 3.01. The van der Waals surface area contributed by atoms with Crippen LogP contribution in [0, 0.1) is 5.92 Å². The van der Waals surface area contributed by atoms with Gasteiger partial charge in [-0.05, 0) is 39.0 Å². The Kier molecular flexibility index (Phi) is 2.05. The SMILES string of the molecule is C=C(C)[C@@H]1CC[C@@]2(C)OC(=O)O[C@H]2C1. The maximum Gasteiger partial charge on any atom is 0.509 e. The number of rotatable bonds is 1. The largest absolute Gasteiger partial charge is 0.509 e. The average Bonchev–Trinajstić information content (AvgIpc) is 2.37. The van der Waals surface area contributed by atoms with Crippen molar-refractivity contribution in [3.63, 3.8) is 0 Å². The first-order valence-electron chi connectivity index (χ1n) is 5.06. The molecule has 0 spiro atoms. The summed E-state index contributed by atoms with van der Waals surface area (Å²) in [5.74, 6) is 0.475. The molecule has 1 heterocycles. The molecule has 0 unspecified atom stereocenters. The fourth-order valence-corrected chi connectivity index (χ4v) is 2.32. The van der Waals surface area contributed by atoms with Crippen molar-refractivity contribution < 1.29 is 14.3 Å². The first-order chi connectivity index (χ1) is 6.51. The van der Waals surface area contributed by atoms with Gasteiger partial charge in [0.1, 0.15) is 11.7 Å². The van der Waals surface area contributed by atoms with E-state index in [-0.39, 0.29) is 11.7 Å². The van der Waals surface area contributed by atoms with E-state index < -0.39 is 6.16 Å². The molecule has 0 aromatic carbocycles.